The molecule has 2 aliphatic carbocycles. The molecule has 5 rings (SSSR count). The van der Waals surface area contributed by atoms with Crippen LogP contribution in [0.5, 0.6) is 0 Å². The van der Waals surface area contributed by atoms with Crippen LogP contribution in [0, 0.1) is 5.92 Å². The van der Waals surface area contributed by atoms with Gasteiger partial charge in [0, 0.05) is 28.4 Å². The lowest BCUT2D eigenvalue weighted by molar-refractivity contribution is -0.122. The molecule has 0 radical (unpaired) electrons. The van der Waals surface area contributed by atoms with Crippen LogP contribution in [0.4, 0.5) is 0 Å². The maximum absolute atomic E-state index is 12.8. The van der Waals surface area contributed by atoms with Crippen LogP contribution >= 0.6 is 34.5 Å². The molecule has 3 aromatic rings. The minimum absolute atomic E-state index is 0.0791. The Morgan fingerprint density at radius 1 is 1.17 bits per heavy atom. The lowest BCUT2D eigenvalue weighted by Gasteiger charge is -2.25. The second-order valence-corrected chi connectivity index (χ2v) is 11.4. The summed E-state index contributed by atoms with van der Waals surface area (Å²) in [6.07, 6.45) is 9.64. The summed E-state index contributed by atoms with van der Waals surface area (Å²) < 4.78 is 0. The molecule has 0 saturated heterocycles. The lowest BCUT2D eigenvalue weighted by Crippen LogP contribution is -2.39. The number of amides is 1. The number of aromatic nitrogens is 3. The zero-order chi connectivity index (χ0) is 25.8. The van der Waals surface area contributed by atoms with Gasteiger partial charge in [0.2, 0.25) is 0 Å². The van der Waals surface area contributed by atoms with Gasteiger partial charge in [-0.2, -0.15) is 5.10 Å². The first-order valence-electron chi connectivity index (χ1n) is 12.2. The Morgan fingerprint density at radius 3 is 2.39 bits per heavy atom. The number of halogens is 2. The number of nitrogens with one attached hydrogen (secondary N) is 2. The van der Waals surface area contributed by atoms with Gasteiger partial charge in [0.05, 0.1) is 26.8 Å². The molecule has 2 saturated carbocycles. The first-order valence-corrected chi connectivity index (χ1v) is 13.8. The summed E-state index contributed by atoms with van der Waals surface area (Å²) in [5.41, 5.74) is 4.65. The molecule has 0 bridgehead atoms. The predicted octanol–water partition coefficient (Wildman–Crippen LogP) is 6.96. The number of thiazole rings is 1. The van der Waals surface area contributed by atoms with Gasteiger partial charge >= 0.3 is 0 Å². The topological polar surface area (TPSA) is 108 Å². The van der Waals surface area contributed by atoms with Crippen molar-refractivity contribution in [1.82, 2.24) is 20.5 Å². The van der Waals surface area contributed by atoms with Crippen molar-refractivity contribution in [2.45, 2.75) is 70.8 Å². The van der Waals surface area contributed by atoms with Crippen molar-refractivity contribution < 1.29 is 14.7 Å². The highest BCUT2D eigenvalue weighted by molar-refractivity contribution is 7.17. The molecule has 3 N–H and O–H groups in total. The summed E-state index contributed by atoms with van der Waals surface area (Å²) in [5.74, 6) is 0.829. The maximum Gasteiger partial charge on any atom is 0.290 e. The predicted molar refractivity (Wildman–Crippen MR) is 144 cm³/mol. The van der Waals surface area contributed by atoms with Crippen LogP contribution < -0.4 is 5.32 Å². The van der Waals surface area contributed by atoms with E-state index in [2.05, 4.69) is 29.4 Å². The summed E-state index contributed by atoms with van der Waals surface area (Å²) in [6.45, 7) is 3.97. The molecule has 0 atom stereocenters. The van der Waals surface area contributed by atoms with Crippen LogP contribution in [-0.2, 0) is 11.2 Å². The van der Waals surface area contributed by atoms with E-state index in [1.54, 1.807) is 6.20 Å². The number of benzene rings is 1. The number of aromatic amines is 1. The van der Waals surface area contributed by atoms with Gasteiger partial charge in [0.15, 0.2) is 5.01 Å². The molecule has 1 aromatic carbocycles. The van der Waals surface area contributed by atoms with E-state index in [4.69, 9.17) is 38.1 Å². The normalized spacial score (nSPS) is 15.6. The van der Waals surface area contributed by atoms with Crippen molar-refractivity contribution in [3.63, 3.8) is 0 Å². The number of rotatable bonds is 7. The highest BCUT2D eigenvalue weighted by Gasteiger charge is 2.28. The summed E-state index contributed by atoms with van der Waals surface area (Å²) in [5, 5.41) is 18.8. The fraction of sp³-hybridized carbons (Fsp3) is 0.462. The van der Waals surface area contributed by atoms with E-state index < -0.39 is 0 Å². The molecule has 10 heteroatoms. The summed E-state index contributed by atoms with van der Waals surface area (Å²) in [6, 6.07) is 4.29. The number of carbonyl (C=O) groups excluding carboxylic acids is 1. The third-order valence-corrected chi connectivity index (χ3v) is 8.91. The zero-order valence-corrected chi connectivity index (χ0v) is 22.6. The third kappa shape index (κ3) is 5.61. The molecule has 0 spiro atoms. The first-order chi connectivity index (χ1) is 17.3. The van der Waals surface area contributed by atoms with Gasteiger partial charge in [-0.15, -0.1) is 11.3 Å². The van der Waals surface area contributed by atoms with E-state index >= 15 is 0 Å². The van der Waals surface area contributed by atoms with Crippen molar-refractivity contribution in [2.75, 3.05) is 0 Å². The minimum atomic E-state index is -0.250. The number of hydrogen-bond donors (Lipinski definition) is 3. The monoisotopic (exact) mass is 548 g/mol. The van der Waals surface area contributed by atoms with Crippen molar-refractivity contribution >= 4 is 46.9 Å². The van der Waals surface area contributed by atoms with Crippen LogP contribution in [0.1, 0.15) is 79.5 Å². The summed E-state index contributed by atoms with van der Waals surface area (Å²) in [4.78, 5) is 26.9. The molecule has 2 aromatic heterocycles. The van der Waals surface area contributed by atoms with E-state index in [-0.39, 0.29) is 24.3 Å². The number of hydrogen-bond acceptors (Lipinski definition) is 5. The van der Waals surface area contributed by atoms with E-state index in [1.807, 2.05) is 12.1 Å². The van der Waals surface area contributed by atoms with Crippen molar-refractivity contribution in [3.05, 3.63) is 44.8 Å². The molecule has 2 heterocycles. The van der Waals surface area contributed by atoms with Gasteiger partial charge in [0.1, 0.15) is 0 Å². The fourth-order valence-corrected chi connectivity index (χ4v) is 6.06. The van der Waals surface area contributed by atoms with Crippen molar-refractivity contribution in [1.29, 1.82) is 0 Å². The number of H-pyrrole nitrogens is 1. The molecule has 1 amide bonds. The van der Waals surface area contributed by atoms with Gasteiger partial charge in [-0.1, -0.05) is 68.4 Å². The van der Waals surface area contributed by atoms with E-state index in [9.17, 15) is 4.79 Å². The molecular formula is C26H30Cl2N4O3S. The molecule has 0 unspecified atom stereocenters. The van der Waals surface area contributed by atoms with Gasteiger partial charge in [-0.3, -0.25) is 14.7 Å². The SMILES string of the molecule is CC(C)c1[nH]ncc1-c1ccc(-c2sc(C(=O)NC3CCC3)nc2CC2CCC2)c(Cl)c1Cl.O=CO. The Kier molecular flexibility index (Phi) is 8.70. The standard InChI is InChI=1S/C25H28Cl2N4OS.CH2O2/c1-13(2)22-18(12-28-31-22)16-9-10-17(21(27)20(16)26)23-19(11-14-5-3-6-14)30-25(33-23)24(32)29-15-7-4-8-15;2-1-3/h9-10,12-15H,3-8,11H2,1-2H3,(H,28,31)(H,29,32);1H,(H,2,3). The molecule has 2 fully saturated rings. The quantitative estimate of drug-likeness (QED) is 0.276. The number of carboxylic acid groups (broad SMARTS) is 1. The molecule has 0 aliphatic heterocycles. The Morgan fingerprint density at radius 2 is 1.81 bits per heavy atom. The van der Waals surface area contributed by atoms with Gasteiger partial charge in [-0.25, -0.2) is 4.98 Å². The fourth-order valence-electron chi connectivity index (χ4n) is 4.45. The minimum Gasteiger partial charge on any atom is -0.483 e. The Hall–Kier alpha value is -2.42. The molecule has 2 aliphatic rings. The van der Waals surface area contributed by atoms with Gasteiger partial charge in [0.25, 0.3) is 12.4 Å². The number of carbonyl (C=O) groups is 2. The summed E-state index contributed by atoms with van der Waals surface area (Å²) >= 11 is 15.1. The Balaban J connectivity index is 0.000000967. The van der Waals surface area contributed by atoms with Crippen molar-refractivity contribution in [3.8, 4) is 21.6 Å². The third-order valence-electron chi connectivity index (χ3n) is 6.90. The first kappa shape index (κ1) is 26.6. The molecule has 192 valence electrons. The van der Waals surface area contributed by atoms with E-state index in [0.717, 1.165) is 52.2 Å². The second-order valence-electron chi connectivity index (χ2n) is 9.64. The van der Waals surface area contributed by atoms with Gasteiger partial charge in [-0.05, 0) is 37.5 Å². The highest BCUT2D eigenvalue weighted by atomic mass is 35.5. The highest BCUT2D eigenvalue weighted by Crippen LogP contribution is 2.45. The molecular weight excluding hydrogens is 519 g/mol. The average Bonchev–Trinajstić information content (AvgIpc) is 3.43. The van der Waals surface area contributed by atoms with E-state index in [1.165, 1.54) is 37.0 Å². The average molecular weight is 550 g/mol. The van der Waals surface area contributed by atoms with Crippen LogP contribution in [0.3, 0.4) is 0 Å². The smallest absolute Gasteiger partial charge is 0.290 e. The zero-order valence-electron chi connectivity index (χ0n) is 20.3. The van der Waals surface area contributed by atoms with Crippen molar-refractivity contribution in [2.24, 2.45) is 5.92 Å². The largest absolute Gasteiger partial charge is 0.483 e. The lowest BCUT2D eigenvalue weighted by atomic mass is 9.82. The molecule has 7 nitrogen and oxygen atoms in total. The van der Waals surface area contributed by atoms with Crippen LogP contribution in [-0.4, -0.2) is 38.7 Å². The van der Waals surface area contributed by atoms with Crippen LogP contribution in [0.25, 0.3) is 21.6 Å². The Labute approximate surface area is 224 Å². The van der Waals surface area contributed by atoms with Crippen LogP contribution in [0.2, 0.25) is 10.0 Å². The molecule has 36 heavy (non-hydrogen) atoms. The maximum atomic E-state index is 12.8. The van der Waals surface area contributed by atoms with Gasteiger partial charge < -0.3 is 10.4 Å². The second kappa shape index (κ2) is 11.8. The Bertz CT molecular complexity index is 1230. The van der Waals surface area contributed by atoms with Crippen LogP contribution in [0.15, 0.2) is 18.3 Å². The van der Waals surface area contributed by atoms with E-state index in [0.29, 0.717) is 21.0 Å². The summed E-state index contributed by atoms with van der Waals surface area (Å²) in [7, 11) is 0. The number of nitrogens with zero attached hydrogens (tertiary/aromatic N) is 2.